The number of carbonyl (C=O) groups is 2. The van der Waals surface area contributed by atoms with Gasteiger partial charge in [0.1, 0.15) is 5.75 Å². The van der Waals surface area contributed by atoms with Gasteiger partial charge in [0, 0.05) is 26.6 Å². The molecular formula is C22H26N2O3. The van der Waals surface area contributed by atoms with Crippen molar-refractivity contribution >= 4 is 17.5 Å². The average molecular weight is 366 g/mol. The van der Waals surface area contributed by atoms with Crippen LogP contribution in [0.1, 0.15) is 25.8 Å². The molecule has 2 amide bonds. The Kier molecular flexibility index (Phi) is 5.79. The second kappa shape index (κ2) is 8.25. The predicted octanol–water partition coefficient (Wildman–Crippen LogP) is 3.49. The van der Waals surface area contributed by atoms with Gasteiger partial charge in [0.25, 0.3) is 0 Å². The van der Waals surface area contributed by atoms with Crippen LogP contribution in [0, 0.1) is 5.92 Å². The lowest BCUT2D eigenvalue weighted by atomic mass is 10.1. The highest BCUT2D eigenvalue weighted by molar-refractivity contribution is 6.01. The van der Waals surface area contributed by atoms with Gasteiger partial charge in [-0.3, -0.25) is 9.59 Å². The summed E-state index contributed by atoms with van der Waals surface area (Å²) in [5.41, 5.74) is 1.81. The number of amides is 2. The van der Waals surface area contributed by atoms with E-state index in [2.05, 4.69) is 0 Å². The van der Waals surface area contributed by atoms with Crippen LogP contribution in [-0.2, 0) is 16.1 Å². The molecule has 5 nitrogen and oxygen atoms in total. The summed E-state index contributed by atoms with van der Waals surface area (Å²) in [5, 5.41) is 0. The standard InChI is InChI=1S/C22H26N2O3/c1-16(2)27-20-12-8-7-11-19(20)24-15-18(13-21(24)25)22(26)23(3)14-17-9-5-4-6-10-17/h4-12,16,18H,13-15H2,1-3H3. The van der Waals surface area contributed by atoms with E-state index in [1.807, 2.05) is 68.4 Å². The summed E-state index contributed by atoms with van der Waals surface area (Å²) in [6.45, 7) is 4.83. The van der Waals surface area contributed by atoms with Crippen molar-refractivity contribution in [3.05, 3.63) is 60.2 Å². The molecule has 1 aliphatic rings. The molecule has 0 spiro atoms. The van der Waals surface area contributed by atoms with Crippen LogP contribution in [0.3, 0.4) is 0 Å². The molecule has 142 valence electrons. The van der Waals surface area contributed by atoms with Crippen molar-refractivity contribution in [2.24, 2.45) is 5.92 Å². The lowest BCUT2D eigenvalue weighted by Crippen LogP contribution is -2.34. The van der Waals surface area contributed by atoms with Gasteiger partial charge in [-0.2, -0.15) is 0 Å². The molecule has 2 aromatic rings. The molecule has 1 saturated heterocycles. The fourth-order valence-corrected chi connectivity index (χ4v) is 3.39. The fourth-order valence-electron chi connectivity index (χ4n) is 3.39. The van der Waals surface area contributed by atoms with E-state index in [-0.39, 0.29) is 30.3 Å². The van der Waals surface area contributed by atoms with E-state index in [4.69, 9.17) is 4.74 Å². The lowest BCUT2D eigenvalue weighted by molar-refractivity contribution is -0.135. The van der Waals surface area contributed by atoms with Crippen molar-refractivity contribution in [1.29, 1.82) is 0 Å². The molecule has 3 rings (SSSR count). The second-order valence-corrected chi connectivity index (χ2v) is 7.22. The van der Waals surface area contributed by atoms with E-state index in [0.29, 0.717) is 18.8 Å². The summed E-state index contributed by atoms with van der Waals surface area (Å²) in [6.07, 6.45) is 0.242. The Hall–Kier alpha value is -2.82. The molecule has 0 N–H and O–H groups in total. The SMILES string of the molecule is CC(C)Oc1ccccc1N1CC(C(=O)N(C)Cc2ccccc2)CC1=O. The number of anilines is 1. The lowest BCUT2D eigenvalue weighted by Gasteiger charge is -2.23. The molecular weight excluding hydrogens is 340 g/mol. The van der Waals surface area contributed by atoms with E-state index < -0.39 is 0 Å². The van der Waals surface area contributed by atoms with Crippen LogP contribution in [0.25, 0.3) is 0 Å². The largest absolute Gasteiger partial charge is 0.489 e. The van der Waals surface area contributed by atoms with Crippen molar-refractivity contribution in [1.82, 2.24) is 4.90 Å². The summed E-state index contributed by atoms with van der Waals surface area (Å²) in [5.74, 6) is 0.295. The highest BCUT2D eigenvalue weighted by atomic mass is 16.5. The number of hydrogen-bond donors (Lipinski definition) is 0. The quantitative estimate of drug-likeness (QED) is 0.786. The number of rotatable bonds is 6. The number of carbonyl (C=O) groups excluding carboxylic acids is 2. The van der Waals surface area contributed by atoms with Crippen molar-refractivity contribution < 1.29 is 14.3 Å². The van der Waals surface area contributed by atoms with Gasteiger partial charge in [0.05, 0.1) is 17.7 Å². The van der Waals surface area contributed by atoms with E-state index in [1.165, 1.54) is 0 Å². The van der Waals surface area contributed by atoms with E-state index in [1.54, 1.807) is 16.8 Å². The first-order valence-electron chi connectivity index (χ1n) is 9.30. The first kappa shape index (κ1) is 19.0. The molecule has 0 radical (unpaired) electrons. The number of benzene rings is 2. The number of ether oxygens (including phenoxy) is 1. The van der Waals surface area contributed by atoms with Crippen molar-refractivity contribution in [2.75, 3.05) is 18.5 Å². The maximum atomic E-state index is 12.9. The average Bonchev–Trinajstić information content (AvgIpc) is 3.03. The van der Waals surface area contributed by atoms with Crippen LogP contribution in [0.5, 0.6) is 5.75 Å². The minimum Gasteiger partial charge on any atom is -0.489 e. The Morgan fingerprint density at radius 3 is 2.52 bits per heavy atom. The Bertz CT molecular complexity index is 804. The Balaban J connectivity index is 1.71. The second-order valence-electron chi connectivity index (χ2n) is 7.22. The summed E-state index contributed by atoms with van der Waals surface area (Å²) >= 11 is 0. The molecule has 1 fully saturated rings. The zero-order valence-corrected chi connectivity index (χ0v) is 16.1. The van der Waals surface area contributed by atoms with Crippen molar-refractivity contribution in [3.63, 3.8) is 0 Å². The van der Waals surface area contributed by atoms with Crippen LogP contribution < -0.4 is 9.64 Å². The van der Waals surface area contributed by atoms with Crippen LogP contribution in [-0.4, -0.2) is 36.4 Å². The maximum absolute atomic E-state index is 12.9. The van der Waals surface area contributed by atoms with Gasteiger partial charge >= 0.3 is 0 Å². The van der Waals surface area contributed by atoms with E-state index >= 15 is 0 Å². The minimum atomic E-state index is -0.335. The predicted molar refractivity (Wildman–Crippen MR) is 106 cm³/mol. The highest BCUT2D eigenvalue weighted by Gasteiger charge is 2.37. The molecule has 0 saturated carbocycles. The molecule has 1 atom stereocenters. The van der Waals surface area contributed by atoms with Gasteiger partial charge in [-0.1, -0.05) is 42.5 Å². The van der Waals surface area contributed by atoms with Gasteiger partial charge in [-0.05, 0) is 31.5 Å². The third kappa shape index (κ3) is 4.48. The van der Waals surface area contributed by atoms with Gasteiger partial charge in [0.2, 0.25) is 11.8 Å². The molecule has 0 bridgehead atoms. The van der Waals surface area contributed by atoms with Crippen LogP contribution in [0.4, 0.5) is 5.69 Å². The zero-order chi connectivity index (χ0) is 19.4. The van der Waals surface area contributed by atoms with Crippen LogP contribution >= 0.6 is 0 Å². The van der Waals surface area contributed by atoms with Crippen LogP contribution in [0.2, 0.25) is 0 Å². The number of nitrogens with zero attached hydrogens (tertiary/aromatic N) is 2. The molecule has 0 aromatic heterocycles. The van der Waals surface area contributed by atoms with E-state index in [9.17, 15) is 9.59 Å². The monoisotopic (exact) mass is 366 g/mol. The van der Waals surface area contributed by atoms with Crippen molar-refractivity contribution in [3.8, 4) is 5.75 Å². The Morgan fingerprint density at radius 2 is 1.81 bits per heavy atom. The summed E-state index contributed by atoms with van der Waals surface area (Å²) in [4.78, 5) is 28.8. The molecule has 2 aromatic carbocycles. The summed E-state index contributed by atoms with van der Waals surface area (Å²) in [7, 11) is 1.79. The molecule has 0 aliphatic carbocycles. The fraction of sp³-hybridized carbons (Fsp3) is 0.364. The summed E-state index contributed by atoms with van der Waals surface area (Å²) < 4.78 is 5.84. The van der Waals surface area contributed by atoms with Gasteiger partial charge in [0.15, 0.2) is 0 Å². The molecule has 1 aliphatic heterocycles. The Morgan fingerprint density at radius 1 is 1.15 bits per heavy atom. The van der Waals surface area contributed by atoms with Gasteiger partial charge in [-0.25, -0.2) is 0 Å². The van der Waals surface area contributed by atoms with Gasteiger partial charge in [-0.15, -0.1) is 0 Å². The molecule has 5 heteroatoms. The topological polar surface area (TPSA) is 49.9 Å². The molecule has 1 unspecified atom stereocenters. The number of para-hydroxylation sites is 2. The Labute approximate surface area is 160 Å². The minimum absolute atomic E-state index is 0.00281. The van der Waals surface area contributed by atoms with Crippen LogP contribution in [0.15, 0.2) is 54.6 Å². The molecule has 27 heavy (non-hydrogen) atoms. The van der Waals surface area contributed by atoms with E-state index in [0.717, 1.165) is 11.3 Å². The third-order valence-corrected chi connectivity index (χ3v) is 4.63. The zero-order valence-electron chi connectivity index (χ0n) is 16.1. The summed E-state index contributed by atoms with van der Waals surface area (Å²) in [6, 6.07) is 17.4. The molecule has 1 heterocycles. The highest BCUT2D eigenvalue weighted by Crippen LogP contribution is 2.34. The normalized spacial score (nSPS) is 16.7. The van der Waals surface area contributed by atoms with Crippen molar-refractivity contribution in [2.45, 2.75) is 32.9 Å². The smallest absolute Gasteiger partial charge is 0.228 e. The van der Waals surface area contributed by atoms with Gasteiger partial charge < -0.3 is 14.5 Å². The third-order valence-electron chi connectivity index (χ3n) is 4.63. The number of hydrogen-bond acceptors (Lipinski definition) is 3. The maximum Gasteiger partial charge on any atom is 0.228 e. The first-order valence-corrected chi connectivity index (χ1v) is 9.30. The first-order chi connectivity index (χ1) is 13.0.